The van der Waals surface area contributed by atoms with E-state index in [9.17, 15) is 9.90 Å². The number of β-amino-alcohol motifs (C(OH)–C–C–N with tert-alkyl or cyclic N) is 1. The molecule has 3 heterocycles. The summed E-state index contributed by atoms with van der Waals surface area (Å²) in [6, 6.07) is 14.9. The number of benzene rings is 2. The van der Waals surface area contributed by atoms with Crippen molar-refractivity contribution >= 4 is 5.91 Å². The molecule has 0 bridgehead atoms. The van der Waals surface area contributed by atoms with Gasteiger partial charge in [-0.05, 0) is 61.1 Å². The molecule has 0 unspecified atom stereocenters. The second-order valence-electron chi connectivity index (χ2n) is 10.4. The van der Waals surface area contributed by atoms with Gasteiger partial charge in [-0.1, -0.05) is 24.6 Å². The van der Waals surface area contributed by atoms with Crippen LogP contribution in [0.4, 0.5) is 0 Å². The quantitative estimate of drug-likeness (QED) is 0.741. The molecule has 1 saturated carbocycles. The van der Waals surface area contributed by atoms with Gasteiger partial charge in [-0.25, -0.2) is 0 Å². The lowest BCUT2D eigenvalue weighted by Crippen LogP contribution is -2.54. The molecule has 34 heavy (non-hydrogen) atoms. The van der Waals surface area contributed by atoms with Crippen LogP contribution < -0.4 is 4.74 Å². The first-order valence-corrected chi connectivity index (χ1v) is 12.9. The van der Waals surface area contributed by atoms with E-state index in [0.29, 0.717) is 25.3 Å². The summed E-state index contributed by atoms with van der Waals surface area (Å²) in [5.74, 6) is 0.451. The summed E-state index contributed by atoms with van der Waals surface area (Å²) in [5.41, 5.74) is 3.89. The minimum Gasteiger partial charge on any atom is -0.462 e. The number of likely N-dealkylation sites (tertiary alicyclic amines) is 2. The van der Waals surface area contributed by atoms with Gasteiger partial charge in [0, 0.05) is 56.2 Å². The summed E-state index contributed by atoms with van der Waals surface area (Å²) in [5, 5.41) is 9.88. The van der Waals surface area contributed by atoms with Gasteiger partial charge in [-0.2, -0.15) is 0 Å². The molecule has 1 aliphatic carbocycles. The number of nitrogens with zero attached hydrogens (tertiary/aromatic N) is 2. The van der Waals surface area contributed by atoms with E-state index in [0.717, 1.165) is 67.3 Å². The van der Waals surface area contributed by atoms with Crippen molar-refractivity contribution in [1.82, 2.24) is 9.80 Å². The van der Waals surface area contributed by atoms with E-state index < -0.39 is 11.9 Å². The zero-order chi connectivity index (χ0) is 23.1. The summed E-state index contributed by atoms with van der Waals surface area (Å²) in [6.45, 7) is 3.81. The van der Waals surface area contributed by atoms with Crippen LogP contribution in [-0.2, 0) is 11.3 Å². The van der Waals surface area contributed by atoms with Crippen molar-refractivity contribution in [1.29, 1.82) is 0 Å². The second kappa shape index (κ2) is 8.99. The highest BCUT2D eigenvalue weighted by atomic mass is 16.7. The molecule has 1 N–H and O–H groups in total. The Hall–Kier alpha value is -2.41. The van der Waals surface area contributed by atoms with E-state index >= 15 is 0 Å². The van der Waals surface area contributed by atoms with Crippen molar-refractivity contribution in [3.63, 3.8) is 0 Å². The van der Waals surface area contributed by atoms with E-state index in [4.69, 9.17) is 9.47 Å². The predicted octanol–water partition coefficient (Wildman–Crippen LogP) is 4.20. The van der Waals surface area contributed by atoms with Gasteiger partial charge < -0.3 is 19.5 Å². The molecule has 3 aliphatic heterocycles. The number of rotatable bonds is 3. The number of carbonyl (C=O) groups is 1. The molecule has 0 aromatic heterocycles. The highest BCUT2D eigenvalue weighted by Gasteiger charge is 2.42. The third-order valence-electron chi connectivity index (χ3n) is 8.15. The van der Waals surface area contributed by atoms with Gasteiger partial charge >= 0.3 is 0 Å². The zero-order valence-corrected chi connectivity index (χ0v) is 19.7. The summed E-state index contributed by atoms with van der Waals surface area (Å²) < 4.78 is 12.7. The normalized spacial score (nSPS) is 24.9. The Bertz CT molecular complexity index is 1040. The number of carbonyl (C=O) groups excluding carboxylic acids is 1. The fourth-order valence-corrected chi connectivity index (χ4v) is 5.77. The minimum atomic E-state index is -0.473. The van der Waals surface area contributed by atoms with Crippen LogP contribution in [0.2, 0.25) is 0 Å². The zero-order valence-electron chi connectivity index (χ0n) is 19.7. The number of aliphatic hydroxyl groups is 1. The maximum atomic E-state index is 12.8. The minimum absolute atomic E-state index is 0.00815. The Morgan fingerprint density at radius 2 is 1.71 bits per heavy atom. The van der Waals surface area contributed by atoms with Crippen LogP contribution in [0.25, 0.3) is 11.1 Å². The van der Waals surface area contributed by atoms with Crippen molar-refractivity contribution in [2.24, 2.45) is 0 Å². The molecule has 1 amide bonds. The molecule has 4 aliphatic rings. The Balaban J connectivity index is 1.12. The monoisotopic (exact) mass is 462 g/mol. The summed E-state index contributed by atoms with van der Waals surface area (Å²) in [6.07, 6.45) is 7.12. The summed E-state index contributed by atoms with van der Waals surface area (Å²) in [7, 11) is 0. The smallest absolute Gasteiger partial charge is 0.253 e. The number of amides is 1. The third-order valence-corrected chi connectivity index (χ3v) is 8.15. The molecule has 180 valence electrons. The maximum absolute atomic E-state index is 12.8. The van der Waals surface area contributed by atoms with Gasteiger partial charge in [0.05, 0.1) is 12.7 Å². The molecule has 0 radical (unpaired) electrons. The third kappa shape index (κ3) is 4.23. The first-order valence-electron chi connectivity index (χ1n) is 12.9. The largest absolute Gasteiger partial charge is 0.462 e. The van der Waals surface area contributed by atoms with Crippen molar-refractivity contribution in [3.8, 4) is 16.9 Å². The second-order valence-corrected chi connectivity index (χ2v) is 10.4. The van der Waals surface area contributed by atoms with Crippen LogP contribution in [-0.4, -0.2) is 64.9 Å². The number of hydrogen-bond acceptors (Lipinski definition) is 5. The number of fused-ring (bicyclic) bond motifs is 1. The molecule has 6 heteroatoms. The molecule has 1 atom stereocenters. The summed E-state index contributed by atoms with van der Waals surface area (Å²) in [4.78, 5) is 17.2. The molecule has 3 fully saturated rings. The fraction of sp³-hybridized carbons (Fsp3) is 0.536. The maximum Gasteiger partial charge on any atom is 0.253 e. The molecule has 6 nitrogen and oxygen atoms in total. The average Bonchev–Trinajstić information content (AvgIpc) is 2.84. The van der Waals surface area contributed by atoms with Crippen LogP contribution in [0, 0.1) is 0 Å². The molecular weight excluding hydrogens is 428 g/mol. The predicted molar refractivity (Wildman–Crippen MR) is 130 cm³/mol. The molecule has 2 aromatic carbocycles. The van der Waals surface area contributed by atoms with E-state index in [1.165, 1.54) is 19.3 Å². The Morgan fingerprint density at radius 1 is 0.941 bits per heavy atom. The lowest BCUT2D eigenvalue weighted by atomic mass is 9.89. The van der Waals surface area contributed by atoms with E-state index in [1.54, 1.807) is 4.90 Å². The Kier molecular flexibility index (Phi) is 5.84. The number of ether oxygens (including phenoxy) is 2. The lowest BCUT2D eigenvalue weighted by Gasteiger charge is -2.47. The number of piperidine rings is 2. The van der Waals surface area contributed by atoms with Gasteiger partial charge in [-0.15, -0.1) is 0 Å². The first kappa shape index (κ1) is 22.1. The van der Waals surface area contributed by atoms with Crippen LogP contribution in [0.15, 0.2) is 42.5 Å². The van der Waals surface area contributed by atoms with Crippen LogP contribution in [0.5, 0.6) is 5.75 Å². The van der Waals surface area contributed by atoms with E-state index in [2.05, 4.69) is 23.1 Å². The SMILES string of the molecule is O=C(c1ccc(-c2ccc3c(c2)COC2(CCN(C4CCC4)CC2)O3)cc1)N1CCC[C@@H](O)C1. The molecule has 2 aromatic rings. The topological polar surface area (TPSA) is 62.2 Å². The van der Waals surface area contributed by atoms with E-state index in [-0.39, 0.29) is 5.91 Å². The standard InChI is InChI=1S/C28H34N2O4/c31-25-5-2-14-30(18-25)27(32)21-8-6-20(7-9-21)22-10-11-26-23(17-22)19-33-28(34-26)12-15-29(16-13-28)24-3-1-4-24/h6-11,17,24-25,31H,1-5,12-16,18-19H2/t25-/m1/s1. The summed E-state index contributed by atoms with van der Waals surface area (Å²) >= 11 is 0. The molecule has 1 spiro atoms. The number of hydrogen-bond donors (Lipinski definition) is 1. The molecule has 2 saturated heterocycles. The van der Waals surface area contributed by atoms with Crippen molar-refractivity contribution in [2.75, 3.05) is 26.2 Å². The highest BCUT2D eigenvalue weighted by Crippen LogP contribution is 2.40. The Labute approximate surface area is 201 Å². The molecule has 6 rings (SSSR count). The van der Waals surface area contributed by atoms with Gasteiger partial charge in [0.25, 0.3) is 5.91 Å². The molecular formula is C28H34N2O4. The van der Waals surface area contributed by atoms with Crippen molar-refractivity contribution < 1.29 is 19.4 Å². The van der Waals surface area contributed by atoms with Crippen molar-refractivity contribution in [2.45, 2.75) is 69.5 Å². The van der Waals surface area contributed by atoms with Gasteiger partial charge in [0.15, 0.2) is 0 Å². The van der Waals surface area contributed by atoms with Crippen LogP contribution in [0.1, 0.15) is 60.9 Å². The van der Waals surface area contributed by atoms with E-state index in [1.807, 2.05) is 24.3 Å². The highest BCUT2D eigenvalue weighted by molar-refractivity contribution is 5.94. The number of aliphatic hydroxyl groups excluding tert-OH is 1. The lowest BCUT2D eigenvalue weighted by molar-refractivity contribution is -0.231. The first-order chi connectivity index (χ1) is 16.6. The van der Waals surface area contributed by atoms with Gasteiger partial charge in [0.2, 0.25) is 5.79 Å². The fourth-order valence-electron chi connectivity index (χ4n) is 5.77. The van der Waals surface area contributed by atoms with Gasteiger partial charge in [-0.3, -0.25) is 9.69 Å². The van der Waals surface area contributed by atoms with Crippen LogP contribution in [0.3, 0.4) is 0 Å². The van der Waals surface area contributed by atoms with Crippen LogP contribution >= 0.6 is 0 Å². The average molecular weight is 463 g/mol. The van der Waals surface area contributed by atoms with Gasteiger partial charge in [0.1, 0.15) is 5.75 Å². The Morgan fingerprint density at radius 3 is 2.41 bits per heavy atom. The van der Waals surface area contributed by atoms with Crippen molar-refractivity contribution in [3.05, 3.63) is 53.6 Å².